The molecule has 2 N–H and O–H groups in total. The first-order valence-electron chi connectivity index (χ1n) is 6.38. The van der Waals surface area contributed by atoms with Crippen molar-refractivity contribution in [2.24, 2.45) is 0 Å². The molecule has 0 saturated heterocycles. The van der Waals surface area contributed by atoms with E-state index < -0.39 is 0 Å². The topological polar surface area (TPSA) is 41.1 Å². The van der Waals surface area contributed by atoms with Crippen LogP contribution in [-0.4, -0.2) is 25.5 Å². The molecule has 102 valence electrons. The van der Waals surface area contributed by atoms with Crippen LogP contribution in [-0.2, 0) is 0 Å². The molecule has 0 aliphatic heterocycles. The van der Waals surface area contributed by atoms with E-state index in [1.165, 1.54) is 23.5 Å². The fourth-order valence-electron chi connectivity index (χ4n) is 1.77. The molecule has 0 saturated carbocycles. The van der Waals surface area contributed by atoms with Gasteiger partial charge < -0.3 is 10.6 Å². The second kappa shape index (κ2) is 6.63. The summed E-state index contributed by atoms with van der Waals surface area (Å²) in [5.41, 5.74) is 0. The molecule has 2 aromatic rings. The van der Waals surface area contributed by atoms with Gasteiger partial charge in [0.1, 0.15) is 5.82 Å². The standard InChI is InChI=1S/C14H17FN2OS/c1-2-5-16-6-7-17-14(18)13-8-10-3-4-11(15)9-12(10)19-13/h3-4,8-9,16H,2,5-7H2,1H3,(H,17,18). The van der Waals surface area contributed by atoms with E-state index in [2.05, 4.69) is 17.6 Å². The summed E-state index contributed by atoms with van der Waals surface area (Å²) in [5, 5.41) is 6.97. The molecule has 0 aliphatic rings. The second-order valence-corrected chi connectivity index (χ2v) is 5.38. The van der Waals surface area contributed by atoms with Gasteiger partial charge >= 0.3 is 0 Å². The van der Waals surface area contributed by atoms with E-state index >= 15 is 0 Å². The van der Waals surface area contributed by atoms with Crippen molar-refractivity contribution in [3.8, 4) is 0 Å². The lowest BCUT2D eigenvalue weighted by Crippen LogP contribution is -2.31. The Kier molecular flexibility index (Phi) is 4.87. The first-order valence-corrected chi connectivity index (χ1v) is 7.20. The Balaban J connectivity index is 1.94. The normalized spacial score (nSPS) is 10.8. The smallest absolute Gasteiger partial charge is 0.261 e. The zero-order valence-electron chi connectivity index (χ0n) is 10.8. The Morgan fingerprint density at radius 1 is 1.26 bits per heavy atom. The largest absolute Gasteiger partial charge is 0.350 e. The zero-order valence-corrected chi connectivity index (χ0v) is 11.6. The van der Waals surface area contributed by atoms with E-state index in [9.17, 15) is 9.18 Å². The molecule has 2 rings (SSSR count). The molecule has 1 heterocycles. The Morgan fingerprint density at radius 2 is 2.11 bits per heavy atom. The van der Waals surface area contributed by atoms with E-state index in [-0.39, 0.29) is 11.7 Å². The van der Waals surface area contributed by atoms with Crippen molar-refractivity contribution < 1.29 is 9.18 Å². The van der Waals surface area contributed by atoms with Gasteiger partial charge in [0.05, 0.1) is 4.88 Å². The Hall–Kier alpha value is -1.46. The quantitative estimate of drug-likeness (QED) is 0.799. The fraction of sp³-hybridized carbons (Fsp3) is 0.357. The maximum atomic E-state index is 13.1. The third kappa shape index (κ3) is 3.75. The number of hydrogen-bond acceptors (Lipinski definition) is 3. The van der Waals surface area contributed by atoms with Crippen molar-refractivity contribution in [2.45, 2.75) is 13.3 Å². The third-order valence-electron chi connectivity index (χ3n) is 2.72. The molecule has 0 aliphatic carbocycles. The van der Waals surface area contributed by atoms with Crippen LogP contribution in [0.15, 0.2) is 24.3 Å². The molecule has 1 aromatic carbocycles. The molecule has 3 nitrogen and oxygen atoms in total. The summed E-state index contributed by atoms with van der Waals surface area (Å²) >= 11 is 1.32. The maximum Gasteiger partial charge on any atom is 0.261 e. The number of hydrogen-bond donors (Lipinski definition) is 2. The molecule has 0 fully saturated rings. The van der Waals surface area contributed by atoms with Crippen LogP contribution in [0.1, 0.15) is 23.0 Å². The van der Waals surface area contributed by atoms with Crippen LogP contribution in [0.4, 0.5) is 4.39 Å². The number of nitrogens with one attached hydrogen (secondary N) is 2. The van der Waals surface area contributed by atoms with Gasteiger partial charge in [-0.05, 0) is 36.6 Å². The van der Waals surface area contributed by atoms with Crippen molar-refractivity contribution in [1.82, 2.24) is 10.6 Å². The van der Waals surface area contributed by atoms with Crippen LogP contribution >= 0.6 is 11.3 Å². The number of amides is 1. The number of carbonyl (C=O) groups is 1. The summed E-state index contributed by atoms with van der Waals surface area (Å²) in [6.45, 7) is 4.42. The number of rotatable bonds is 6. The van der Waals surface area contributed by atoms with Crippen molar-refractivity contribution in [1.29, 1.82) is 0 Å². The molecule has 0 bridgehead atoms. The Labute approximate surface area is 115 Å². The number of carbonyl (C=O) groups excluding carboxylic acids is 1. The minimum atomic E-state index is -0.273. The molecule has 0 unspecified atom stereocenters. The second-order valence-electron chi connectivity index (χ2n) is 4.30. The lowest BCUT2D eigenvalue weighted by molar-refractivity contribution is 0.0958. The van der Waals surface area contributed by atoms with Gasteiger partial charge in [-0.1, -0.05) is 13.0 Å². The van der Waals surface area contributed by atoms with Gasteiger partial charge in [0.25, 0.3) is 5.91 Å². The van der Waals surface area contributed by atoms with Gasteiger partial charge in [-0.15, -0.1) is 11.3 Å². The van der Waals surface area contributed by atoms with Gasteiger partial charge in [0.2, 0.25) is 0 Å². The molecular formula is C14H17FN2OS. The molecule has 0 spiro atoms. The first-order chi connectivity index (χ1) is 9.20. The van der Waals surface area contributed by atoms with E-state index in [0.717, 1.165) is 29.6 Å². The zero-order chi connectivity index (χ0) is 13.7. The molecule has 1 aromatic heterocycles. The van der Waals surface area contributed by atoms with Crippen molar-refractivity contribution in [2.75, 3.05) is 19.6 Å². The summed E-state index contributed by atoms with van der Waals surface area (Å²) in [7, 11) is 0. The monoisotopic (exact) mass is 280 g/mol. The Morgan fingerprint density at radius 3 is 2.89 bits per heavy atom. The van der Waals surface area contributed by atoms with E-state index in [0.29, 0.717) is 11.4 Å². The van der Waals surface area contributed by atoms with Gasteiger partial charge in [0.15, 0.2) is 0 Å². The van der Waals surface area contributed by atoms with Crippen LogP contribution in [0.2, 0.25) is 0 Å². The predicted octanol–water partition coefficient (Wildman–Crippen LogP) is 2.77. The molecule has 5 heteroatoms. The molecule has 0 radical (unpaired) electrons. The summed E-state index contributed by atoms with van der Waals surface area (Å²) < 4.78 is 13.9. The van der Waals surface area contributed by atoms with Crippen molar-refractivity contribution in [3.05, 3.63) is 35.0 Å². The predicted molar refractivity (Wildman–Crippen MR) is 77.3 cm³/mol. The number of thiophene rings is 1. The van der Waals surface area contributed by atoms with Gasteiger partial charge in [-0.3, -0.25) is 4.79 Å². The minimum Gasteiger partial charge on any atom is -0.350 e. The molecule has 1 amide bonds. The molecule has 19 heavy (non-hydrogen) atoms. The van der Waals surface area contributed by atoms with Gasteiger partial charge in [-0.25, -0.2) is 4.39 Å². The summed E-state index contributed by atoms with van der Waals surface area (Å²) in [6, 6.07) is 6.36. The van der Waals surface area contributed by atoms with E-state index in [1.807, 2.05) is 0 Å². The highest BCUT2D eigenvalue weighted by atomic mass is 32.1. The summed E-state index contributed by atoms with van der Waals surface area (Å²) in [6.07, 6.45) is 1.08. The third-order valence-corrected chi connectivity index (χ3v) is 3.82. The van der Waals surface area contributed by atoms with Crippen LogP contribution < -0.4 is 10.6 Å². The summed E-state index contributed by atoms with van der Waals surface area (Å²) in [5.74, 6) is -0.370. The highest BCUT2D eigenvalue weighted by Crippen LogP contribution is 2.26. The summed E-state index contributed by atoms with van der Waals surface area (Å²) in [4.78, 5) is 12.5. The van der Waals surface area contributed by atoms with Crippen molar-refractivity contribution >= 4 is 27.3 Å². The van der Waals surface area contributed by atoms with Crippen LogP contribution in [0.5, 0.6) is 0 Å². The van der Waals surface area contributed by atoms with Crippen LogP contribution in [0.3, 0.4) is 0 Å². The highest BCUT2D eigenvalue weighted by Gasteiger charge is 2.09. The lowest BCUT2D eigenvalue weighted by Gasteiger charge is -2.04. The van der Waals surface area contributed by atoms with Crippen molar-refractivity contribution in [3.63, 3.8) is 0 Å². The maximum absolute atomic E-state index is 13.1. The molecular weight excluding hydrogens is 263 g/mol. The van der Waals surface area contributed by atoms with Gasteiger partial charge in [0, 0.05) is 17.8 Å². The van der Waals surface area contributed by atoms with E-state index in [1.54, 1.807) is 12.1 Å². The van der Waals surface area contributed by atoms with Gasteiger partial charge in [-0.2, -0.15) is 0 Å². The first kappa shape index (κ1) is 14.0. The molecule has 0 atom stereocenters. The number of fused-ring (bicyclic) bond motifs is 1. The van der Waals surface area contributed by atoms with Crippen LogP contribution in [0, 0.1) is 5.82 Å². The van der Waals surface area contributed by atoms with Crippen LogP contribution in [0.25, 0.3) is 10.1 Å². The SMILES string of the molecule is CCCNCCNC(=O)c1cc2ccc(F)cc2s1. The number of benzene rings is 1. The fourth-order valence-corrected chi connectivity index (χ4v) is 2.77. The average Bonchev–Trinajstić information content (AvgIpc) is 2.81. The average molecular weight is 280 g/mol. The Bertz CT molecular complexity index is 568. The number of halogens is 1. The minimum absolute atomic E-state index is 0.0973. The highest BCUT2D eigenvalue weighted by molar-refractivity contribution is 7.20. The lowest BCUT2D eigenvalue weighted by atomic mass is 10.2. The van der Waals surface area contributed by atoms with E-state index in [4.69, 9.17) is 0 Å².